The Labute approximate surface area is 90.1 Å². The highest BCUT2D eigenvalue weighted by Gasteiger charge is 2.02. The molecule has 0 aliphatic rings. The fourth-order valence-corrected chi connectivity index (χ4v) is 1.19. The summed E-state index contributed by atoms with van der Waals surface area (Å²) < 4.78 is 0. The first-order valence-corrected chi connectivity index (χ1v) is 4.88. The molecule has 1 N–H and O–H groups in total. The molecule has 0 aliphatic carbocycles. The van der Waals surface area contributed by atoms with Crippen LogP contribution < -0.4 is 5.32 Å². The molecule has 0 aliphatic heterocycles. The van der Waals surface area contributed by atoms with Gasteiger partial charge in [0, 0.05) is 32.5 Å². The number of thiocarbonyl (C=S) groups is 1. The van der Waals surface area contributed by atoms with Gasteiger partial charge in [-0.25, -0.2) is 0 Å². The fourth-order valence-electron chi connectivity index (χ4n) is 1.13. The summed E-state index contributed by atoms with van der Waals surface area (Å²) in [7, 11) is 3.78. The zero-order valence-corrected chi connectivity index (χ0v) is 9.56. The molecule has 14 heavy (non-hydrogen) atoms. The third-order valence-corrected chi connectivity index (χ3v) is 2.47. The molecule has 0 aromatic carbocycles. The third-order valence-electron chi connectivity index (χ3n) is 1.95. The molecule has 0 amide bonds. The molecule has 0 spiro atoms. The number of rotatable bonds is 2. The van der Waals surface area contributed by atoms with Gasteiger partial charge in [0.05, 0.1) is 0 Å². The molecule has 0 radical (unpaired) electrons. The number of aromatic nitrogens is 1. The summed E-state index contributed by atoms with van der Waals surface area (Å²) in [6.45, 7) is 2.76. The summed E-state index contributed by atoms with van der Waals surface area (Å²) in [6.07, 6.45) is 1.88. The van der Waals surface area contributed by atoms with E-state index in [2.05, 4.69) is 16.4 Å². The molecule has 1 heterocycles. The molecule has 0 fully saturated rings. The van der Waals surface area contributed by atoms with Gasteiger partial charge in [0.1, 0.15) is 0 Å². The molecule has 1 aromatic heterocycles. The molecular formula is C10H15N3S. The average molecular weight is 209 g/mol. The summed E-state index contributed by atoms with van der Waals surface area (Å²) in [5, 5.41) is 3.67. The second kappa shape index (κ2) is 4.91. The SMILES string of the molecule is CNC(=S)N(C)Cc1ccc(C)nc1. The highest BCUT2D eigenvalue weighted by molar-refractivity contribution is 7.80. The number of hydrogen-bond acceptors (Lipinski definition) is 2. The summed E-state index contributed by atoms with van der Waals surface area (Å²) in [6, 6.07) is 4.07. The lowest BCUT2D eigenvalue weighted by molar-refractivity contribution is 0.494. The van der Waals surface area contributed by atoms with Gasteiger partial charge in [-0.05, 0) is 30.8 Å². The summed E-state index contributed by atoms with van der Waals surface area (Å²) >= 11 is 5.10. The van der Waals surface area contributed by atoms with Crippen molar-refractivity contribution in [1.29, 1.82) is 0 Å². The summed E-state index contributed by atoms with van der Waals surface area (Å²) in [4.78, 5) is 6.20. The van der Waals surface area contributed by atoms with Crippen molar-refractivity contribution in [2.75, 3.05) is 14.1 Å². The van der Waals surface area contributed by atoms with E-state index in [1.54, 1.807) is 0 Å². The Morgan fingerprint density at radius 2 is 2.29 bits per heavy atom. The Hall–Kier alpha value is -1.16. The standard InChI is InChI=1S/C10H15N3S/c1-8-4-5-9(6-12-8)7-13(3)10(14)11-2/h4-6H,7H2,1-3H3,(H,11,14). The lowest BCUT2D eigenvalue weighted by Gasteiger charge is -2.19. The van der Waals surface area contributed by atoms with E-state index < -0.39 is 0 Å². The molecule has 76 valence electrons. The van der Waals surface area contributed by atoms with Crippen molar-refractivity contribution < 1.29 is 0 Å². The number of pyridine rings is 1. The van der Waals surface area contributed by atoms with E-state index in [0.717, 1.165) is 22.9 Å². The van der Waals surface area contributed by atoms with Gasteiger partial charge in [-0.1, -0.05) is 6.07 Å². The molecule has 1 aromatic rings. The molecule has 0 atom stereocenters. The normalized spacial score (nSPS) is 9.64. The first-order valence-electron chi connectivity index (χ1n) is 4.48. The topological polar surface area (TPSA) is 28.2 Å². The van der Waals surface area contributed by atoms with Gasteiger partial charge in [-0.15, -0.1) is 0 Å². The van der Waals surface area contributed by atoms with Gasteiger partial charge < -0.3 is 10.2 Å². The second-order valence-electron chi connectivity index (χ2n) is 3.22. The highest BCUT2D eigenvalue weighted by Crippen LogP contribution is 2.02. The van der Waals surface area contributed by atoms with Crippen LogP contribution in [0.4, 0.5) is 0 Å². The minimum Gasteiger partial charge on any atom is -0.366 e. The van der Waals surface area contributed by atoms with Crippen molar-refractivity contribution >= 4 is 17.3 Å². The van der Waals surface area contributed by atoms with Crippen LogP contribution in [-0.4, -0.2) is 29.1 Å². The number of aryl methyl sites for hydroxylation is 1. The van der Waals surface area contributed by atoms with Crippen molar-refractivity contribution in [3.63, 3.8) is 0 Å². The lowest BCUT2D eigenvalue weighted by atomic mass is 10.2. The van der Waals surface area contributed by atoms with Crippen LogP contribution in [0.5, 0.6) is 0 Å². The van der Waals surface area contributed by atoms with Crippen LogP contribution in [0, 0.1) is 6.92 Å². The molecule has 0 saturated heterocycles. The second-order valence-corrected chi connectivity index (χ2v) is 3.61. The van der Waals surface area contributed by atoms with Crippen LogP contribution in [0.25, 0.3) is 0 Å². The molecule has 0 unspecified atom stereocenters. The van der Waals surface area contributed by atoms with Crippen LogP contribution in [0.15, 0.2) is 18.3 Å². The number of hydrogen-bond donors (Lipinski definition) is 1. The van der Waals surface area contributed by atoms with Gasteiger partial charge in [0.25, 0.3) is 0 Å². The average Bonchev–Trinajstić information content (AvgIpc) is 2.20. The maximum atomic E-state index is 5.10. The highest BCUT2D eigenvalue weighted by atomic mass is 32.1. The van der Waals surface area contributed by atoms with Gasteiger partial charge in [0.2, 0.25) is 0 Å². The Morgan fingerprint density at radius 1 is 1.57 bits per heavy atom. The zero-order chi connectivity index (χ0) is 10.6. The minimum atomic E-state index is 0.741. The Morgan fingerprint density at radius 3 is 2.79 bits per heavy atom. The van der Waals surface area contributed by atoms with Gasteiger partial charge in [-0.3, -0.25) is 4.98 Å². The van der Waals surface area contributed by atoms with E-state index in [1.165, 1.54) is 0 Å². The van der Waals surface area contributed by atoms with Crippen molar-refractivity contribution in [3.05, 3.63) is 29.6 Å². The molecule has 0 bridgehead atoms. The molecule has 4 heteroatoms. The van der Waals surface area contributed by atoms with Crippen molar-refractivity contribution in [2.45, 2.75) is 13.5 Å². The third kappa shape index (κ3) is 2.96. The van der Waals surface area contributed by atoms with E-state index in [4.69, 9.17) is 12.2 Å². The van der Waals surface area contributed by atoms with E-state index in [1.807, 2.05) is 38.2 Å². The van der Waals surface area contributed by atoms with Crippen molar-refractivity contribution in [1.82, 2.24) is 15.2 Å². The number of nitrogens with zero attached hydrogens (tertiary/aromatic N) is 2. The molecular weight excluding hydrogens is 194 g/mol. The van der Waals surface area contributed by atoms with Crippen molar-refractivity contribution in [3.8, 4) is 0 Å². The Balaban J connectivity index is 2.60. The number of nitrogens with one attached hydrogen (secondary N) is 1. The first kappa shape index (κ1) is 10.9. The van der Waals surface area contributed by atoms with Crippen LogP contribution in [-0.2, 0) is 6.54 Å². The largest absolute Gasteiger partial charge is 0.366 e. The maximum Gasteiger partial charge on any atom is 0.168 e. The fraction of sp³-hybridized carbons (Fsp3) is 0.400. The van der Waals surface area contributed by atoms with Crippen LogP contribution in [0.1, 0.15) is 11.3 Å². The van der Waals surface area contributed by atoms with Crippen LogP contribution >= 0.6 is 12.2 Å². The van der Waals surface area contributed by atoms with Crippen LogP contribution in [0.3, 0.4) is 0 Å². The van der Waals surface area contributed by atoms with E-state index in [0.29, 0.717) is 0 Å². The van der Waals surface area contributed by atoms with Gasteiger partial charge in [0.15, 0.2) is 5.11 Å². The summed E-state index contributed by atoms with van der Waals surface area (Å²) in [5.74, 6) is 0. The minimum absolute atomic E-state index is 0.741. The molecule has 0 saturated carbocycles. The maximum absolute atomic E-state index is 5.10. The smallest absolute Gasteiger partial charge is 0.168 e. The zero-order valence-electron chi connectivity index (χ0n) is 8.74. The Bertz CT molecular complexity index is 308. The predicted molar refractivity (Wildman–Crippen MR) is 62.1 cm³/mol. The molecule has 3 nitrogen and oxygen atoms in total. The van der Waals surface area contributed by atoms with E-state index in [9.17, 15) is 0 Å². The van der Waals surface area contributed by atoms with E-state index in [-0.39, 0.29) is 0 Å². The monoisotopic (exact) mass is 209 g/mol. The lowest BCUT2D eigenvalue weighted by Crippen LogP contribution is -2.34. The van der Waals surface area contributed by atoms with Crippen LogP contribution in [0.2, 0.25) is 0 Å². The molecule has 1 rings (SSSR count). The summed E-state index contributed by atoms with van der Waals surface area (Å²) in [5.41, 5.74) is 2.20. The Kier molecular flexibility index (Phi) is 3.83. The van der Waals surface area contributed by atoms with Gasteiger partial charge >= 0.3 is 0 Å². The van der Waals surface area contributed by atoms with E-state index >= 15 is 0 Å². The van der Waals surface area contributed by atoms with Crippen molar-refractivity contribution in [2.24, 2.45) is 0 Å². The van der Waals surface area contributed by atoms with Gasteiger partial charge in [-0.2, -0.15) is 0 Å². The quantitative estimate of drug-likeness (QED) is 0.744. The predicted octanol–water partition coefficient (Wildman–Crippen LogP) is 1.33. The first-order chi connectivity index (χ1) is 6.63.